The number of benzene rings is 3. The van der Waals surface area contributed by atoms with Crippen molar-refractivity contribution in [2.24, 2.45) is 5.92 Å². The van der Waals surface area contributed by atoms with Crippen molar-refractivity contribution < 1.29 is 19.2 Å². The lowest BCUT2D eigenvalue weighted by atomic mass is 9.90. The molecule has 2 saturated heterocycles. The Balaban J connectivity index is 1.49. The van der Waals surface area contributed by atoms with Gasteiger partial charge in [0.25, 0.3) is 5.91 Å². The van der Waals surface area contributed by atoms with Gasteiger partial charge in [0, 0.05) is 19.8 Å². The van der Waals surface area contributed by atoms with Crippen molar-refractivity contribution in [2.45, 2.75) is 25.5 Å². The van der Waals surface area contributed by atoms with Crippen molar-refractivity contribution in [3.05, 3.63) is 84.4 Å². The Kier molecular flexibility index (Phi) is 6.17. The third-order valence-corrected chi connectivity index (χ3v) is 6.44. The van der Waals surface area contributed by atoms with Crippen molar-refractivity contribution in [2.75, 3.05) is 35.6 Å². The lowest BCUT2D eigenvalue weighted by molar-refractivity contribution is -0.126. The van der Waals surface area contributed by atoms with Gasteiger partial charge in [0.15, 0.2) is 6.10 Å². The number of hydrogen-bond acceptors (Lipinski definition) is 6. The van der Waals surface area contributed by atoms with Crippen LogP contribution in [0.4, 0.5) is 17.1 Å². The van der Waals surface area contributed by atoms with E-state index in [1.54, 1.807) is 29.3 Å². The quantitative estimate of drug-likeness (QED) is 0.470. The number of nitrogens with zero attached hydrogens (tertiary/aromatic N) is 3. The number of amides is 2. The van der Waals surface area contributed by atoms with E-state index in [2.05, 4.69) is 0 Å². The molecule has 0 unspecified atom stereocenters. The van der Waals surface area contributed by atoms with Crippen LogP contribution in [0.2, 0.25) is 0 Å². The van der Waals surface area contributed by atoms with Gasteiger partial charge in [-0.15, -0.1) is 0 Å². The van der Waals surface area contributed by atoms with Gasteiger partial charge in [0.2, 0.25) is 5.91 Å². The lowest BCUT2D eigenvalue weighted by Crippen LogP contribution is -2.37. The number of para-hydroxylation sites is 1. The molecular formula is C28H29N3O4. The van der Waals surface area contributed by atoms with Crippen molar-refractivity contribution >= 4 is 28.9 Å². The summed E-state index contributed by atoms with van der Waals surface area (Å²) in [5.41, 5.74) is 3.29. The van der Waals surface area contributed by atoms with E-state index in [4.69, 9.17) is 9.57 Å². The molecule has 35 heavy (non-hydrogen) atoms. The van der Waals surface area contributed by atoms with Crippen molar-refractivity contribution in [3.8, 4) is 5.75 Å². The summed E-state index contributed by atoms with van der Waals surface area (Å²) in [4.78, 5) is 36.7. The van der Waals surface area contributed by atoms with E-state index in [0.717, 1.165) is 23.4 Å². The average Bonchev–Trinajstić information content (AvgIpc) is 3.39. The number of ether oxygens (including phenoxy) is 1. The summed E-state index contributed by atoms with van der Waals surface area (Å²) < 4.78 is 5.64. The van der Waals surface area contributed by atoms with E-state index in [-0.39, 0.29) is 11.8 Å². The maximum Gasteiger partial charge on any atom is 0.266 e. The van der Waals surface area contributed by atoms with E-state index in [0.29, 0.717) is 18.0 Å². The molecule has 0 spiro atoms. The maximum absolute atomic E-state index is 13.7. The maximum atomic E-state index is 13.7. The molecule has 0 N–H and O–H groups in total. The molecule has 2 fully saturated rings. The van der Waals surface area contributed by atoms with E-state index < -0.39 is 18.1 Å². The molecule has 3 atom stereocenters. The third kappa shape index (κ3) is 4.12. The van der Waals surface area contributed by atoms with Crippen LogP contribution in [0.5, 0.6) is 5.75 Å². The number of hydroxylamine groups is 1. The minimum absolute atomic E-state index is 0.262. The van der Waals surface area contributed by atoms with E-state index >= 15 is 0 Å². The molecule has 0 aromatic heterocycles. The second-order valence-electron chi connectivity index (χ2n) is 9.00. The molecule has 2 heterocycles. The Bertz CT molecular complexity index is 1200. The summed E-state index contributed by atoms with van der Waals surface area (Å²) in [6.07, 6.45) is 0.0117. The fourth-order valence-corrected chi connectivity index (χ4v) is 4.69. The molecule has 0 bridgehead atoms. The molecule has 2 amide bonds. The lowest BCUT2D eigenvalue weighted by Gasteiger charge is -2.29. The van der Waals surface area contributed by atoms with Crippen LogP contribution in [-0.4, -0.2) is 38.6 Å². The zero-order valence-corrected chi connectivity index (χ0v) is 20.1. The average molecular weight is 472 g/mol. The number of carbonyl (C=O) groups excluding carboxylic acids is 2. The molecule has 180 valence electrons. The van der Waals surface area contributed by atoms with Gasteiger partial charge in [0.1, 0.15) is 11.7 Å². The minimum Gasteiger partial charge on any atom is -0.494 e. The molecule has 7 heteroatoms. The number of carbonyl (C=O) groups is 2. The highest BCUT2D eigenvalue weighted by molar-refractivity contribution is 6.23. The Morgan fingerprint density at radius 2 is 1.54 bits per heavy atom. The van der Waals surface area contributed by atoms with Crippen LogP contribution in [0.1, 0.15) is 24.9 Å². The Morgan fingerprint density at radius 1 is 0.857 bits per heavy atom. The first-order valence-corrected chi connectivity index (χ1v) is 11.9. The van der Waals surface area contributed by atoms with Crippen LogP contribution in [0.25, 0.3) is 0 Å². The highest BCUT2D eigenvalue weighted by Crippen LogP contribution is 2.47. The van der Waals surface area contributed by atoms with Gasteiger partial charge in [-0.1, -0.05) is 37.3 Å². The molecule has 3 aromatic carbocycles. The van der Waals surface area contributed by atoms with Crippen molar-refractivity contribution in [1.82, 2.24) is 0 Å². The molecule has 0 aliphatic carbocycles. The van der Waals surface area contributed by atoms with E-state index in [1.807, 2.05) is 80.5 Å². The SMILES string of the molecule is CCCOc1ccc(N2C(=O)[C@H]3[C@@H](c4ccc(N(C)C)cc4)N(c4ccccc4)O[C@H]3C2=O)cc1. The highest BCUT2D eigenvalue weighted by Gasteiger charge is 2.60. The van der Waals surface area contributed by atoms with Crippen LogP contribution < -0.4 is 19.6 Å². The summed E-state index contributed by atoms with van der Waals surface area (Å²) in [6, 6.07) is 24.3. The van der Waals surface area contributed by atoms with Crippen molar-refractivity contribution in [1.29, 1.82) is 0 Å². The standard InChI is InChI=1S/C28H29N3O4/c1-4-18-34-23-16-14-21(15-17-23)30-27(32)24-25(19-10-12-20(13-11-19)29(2)3)31(35-26(24)28(30)33)22-8-6-5-7-9-22/h5-17,24-26H,4,18H2,1-3H3/t24-,25+,26+/m0/s1. The number of fused-ring (bicyclic) bond motifs is 1. The second-order valence-corrected chi connectivity index (χ2v) is 9.00. The third-order valence-electron chi connectivity index (χ3n) is 6.44. The Labute approximate surface area is 205 Å². The van der Waals surface area contributed by atoms with Crippen molar-refractivity contribution in [3.63, 3.8) is 0 Å². The van der Waals surface area contributed by atoms with Gasteiger partial charge in [-0.2, -0.15) is 0 Å². The monoisotopic (exact) mass is 471 g/mol. The Hall–Kier alpha value is -3.84. The van der Waals surface area contributed by atoms with Crippen LogP contribution >= 0.6 is 0 Å². The van der Waals surface area contributed by atoms with Gasteiger partial charge in [0.05, 0.1) is 24.0 Å². The van der Waals surface area contributed by atoms with E-state index in [1.165, 1.54) is 4.90 Å². The zero-order chi connectivity index (χ0) is 24.5. The molecule has 5 rings (SSSR count). The second kappa shape index (κ2) is 9.43. The molecule has 2 aliphatic heterocycles. The molecule has 0 radical (unpaired) electrons. The minimum atomic E-state index is -0.891. The Morgan fingerprint density at radius 3 is 2.17 bits per heavy atom. The normalized spacial score (nSPS) is 21.4. The van der Waals surface area contributed by atoms with Gasteiger partial charge in [-0.3, -0.25) is 14.4 Å². The molecule has 0 saturated carbocycles. The highest BCUT2D eigenvalue weighted by atomic mass is 16.7. The molecule has 7 nitrogen and oxygen atoms in total. The predicted octanol–water partition coefficient (Wildman–Crippen LogP) is 4.59. The predicted molar refractivity (Wildman–Crippen MR) is 136 cm³/mol. The topological polar surface area (TPSA) is 62.3 Å². The summed E-state index contributed by atoms with van der Waals surface area (Å²) >= 11 is 0. The summed E-state index contributed by atoms with van der Waals surface area (Å²) in [6.45, 7) is 2.65. The first-order chi connectivity index (χ1) is 17.0. The molecule has 2 aliphatic rings. The zero-order valence-electron chi connectivity index (χ0n) is 20.1. The van der Waals surface area contributed by atoms with Gasteiger partial charge in [-0.05, 0) is 60.5 Å². The summed E-state index contributed by atoms with van der Waals surface area (Å²) in [5.74, 6) is -0.568. The number of rotatable bonds is 7. The van der Waals surface area contributed by atoms with Crippen LogP contribution in [0, 0.1) is 5.92 Å². The fraction of sp³-hybridized carbons (Fsp3) is 0.286. The molecule has 3 aromatic rings. The van der Waals surface area contributed by atoms with Crippen LogP contribution in [0.15, 0.2) is 78.9 Å². The number of anilines is 3. The fourth-order valence-electron chi connectivity index (χ4n) is 4.69. The summed E-state index contributed by atoms with van der Waals surface area (Å²) in [5, 5.41) is 1.72. The first-order valence-electron chi connectivity index (χ1n) is 11.9. The summed E-state index contributed by atoms with van der Waals surface area (Å²) in [7, 11) is 3.96. The van der Waals surface area contributed by atoms with E-state index in [9.17, 15) is 9.59 Å². The van der Waals surface area contributed by atoms with Gasteiger partial charge < -0.3 is 9.64 Å². The number of imide groups is 1. The number of hydrogen-bond donors (Lipinski definition) is 0. The van der Waals surface area contributed by atoms with Crippen LogP contribution in [-0.2, 0) is 14.4 Å². The smallest absolute Gasteiger partial charge is 0.266 e. The first kappa shape index (κ1) is 22.9. The largest absolute Gasteiger partial charge is 0.494 e. The van der Waals surface area contributed by atoms with Gasteiger partial charge >= 0.3 is 0 Å². The van der Waals surface area contributed by atoms with Gasteiger partial charge in [-0.25, -0.2) is 9.96 Å². The van der Waals surface area contributed by atoms with Crippen LogP contribution in [0.3, 0.4) is 0 Å². The molecular weight excluding hydrogens is 442 g/mol.